The molecule has 0 radical (unpaired) electrons. The molecule has 0 fully saturated rings. The minimum Gasteiger partial charge on any atom is -0.488 e. The van der Waals surface area contributed by atoms with E-state index in [0.717, 1.165) is 0 Å². The van der Waals surface area contributed by atoms with Crippen LogP contribution in [0, 0.1) is 10.1 Å². The molecule has 0 aromatic heterocycles. The third-order valence-electron chi connectivity index (χ3n) is 2.70. The number of fused-ring (bicyclic) bond motifs is 1. The van der Waals surface area contributed by atoms with Gasteiger partial charge >= 0.3 is 0 Å². The van der Waals surface area contributed by atoms with E-state index in [1.165, 1.54) is 6.07 Å². The van der Waals surface area contributed by atoms with Crippen LogP contribution in [0.4, 0.5) is 11.4 Å². The van der Waals surface area contributed by atoms with Crippen LogP contribution in [0.5, 0.6) is 5.75 Å². The minimum atomic E-state index is -0.423. The van der Waals surface area contributed by atoms with Gasteiger partial charge in [0, 0.05) is 15.9 Å². The SMILES string of the molecule is CC(C)(C)Oc1ccc2c(N)c(Br)cc([N+](=O)[O-])c2c1. The molecule has 0 atom stereocenters. The highest BCUT2D eigenvalue weighted by molar-refractivity contribution is 9.10. The Labute approximate surface area is 125 Å². The molecule has 6 heteroatoms. The molecule has 0 aliphatic carbocycles. The van der Waals surface area contributed by atoms with Gasteiger partial charge < -0.3 is 10.5 Å². The third-order valence-corrected chi connectivity index (χ3v) is 3.35. The van der Waals surface area contributed by atoms with E-state index in [1.54, 1.807) is 18.2 Å². The fourth-order valence-electron chi connectivity index (χ4n) is 1.94. The highest BCUT2D eigenvalue weighted by Gasteiger charge is 2.19. The van der Waals surface area contributed by atoms with Gasteiger partial charge in [0.05, 0.1) is 16.0 Å². The molecule has 0 saturated heterocycles. The molecule has 2 rings (SSSR count). The van der Waals surface area contributed by atoms with E-state index in [4.69, 9.17) is 10.5 Å². The van der Waals surface area contributed by atoms with Gasteiger partial charge in [-0.1, -0.05) is 0 Å². The van der Waals surface area contributed by atoms with Gasteiger partial charge in [0.2, 0.25) is 0 Å². The van der Waals surface area contributed by atoms with Gasteiger partial charge in [0.25, 0.3) is 5.69 Å². The monoisotopic (exact) mass is 338 g/mol. The summed E-state index contributed by atoms with van der Waals surface area (Å²) in [6.45, 7) is 5.75. The van der Waals surface area contributed by atoms with Crippen LogP contribution < -0.4 is 10.5 Å². The van der Waals surface area contributed by atoms with E-state index >= 15 is 0 Å². The number of nitro groups is 1. The number of anilines is 1. The number of nitrogens with zero attached hydrogens (tertiary/aromatic N) is 1. The third kappa shape index (κ3) is 2.85. The fourth-order valence-corrected chi connectivity index (χ4v) is 2.37. The number of nitrogen functional groups attached to an aromatic ring is 1. The first kappa shape index (κ1) is 14.6. The van der Waals surface area contributed by atoms with E-state index in [2.05, 4.69) is 15.9 Å². The number of hydrogen-bond acceptors (Lipinski definition) is 4. The first-order chi connectivity index (χ1) is 9.19. The average molecular weight is 339 g/mol. The zero-order valence-electron chi connectivity index (χ0n) is 11.4. The second-order valence-electron chi connectivity index (χ2n) is 5.47. The zero-order valence-corrected chi connectivity index (χ0v) is 13.0. The van der Waals surface area contributed by atoms with E-state index in [9.17, 15) is 10.1 Å². The Kier molecular flexibility index (Phi) is 3.60. The average Bonchev–Trinajstić information content (AvgIpc) is 2.31. The van der Waals surface area contributed by atoms with Crippen LogP contribution >= 0.6 is 15.9 Å². The van der Waals surface area contributed by atoms with E-state index in [0.29, 0.717) is 26.7 Å². The van der Waals surface area contributed by atoms with Gasteiger partial charge in [0.1, 0.15) is 11.4 Å². The summed E-state index contributed by atoms with van der Waals surface area (Å²) >= 11 is 3.24. The largest absolute Gasteiger partial charge is 0.488 e. The van der Waals surface area contributed by atoms with Crippen LogP contribution in [0.25, 0.3) is 10.8 Å². The number of non-ortho nitro benzene ring substituents is 1. The van der Waals surface area contributed by atoms with Crippen molar-refractivity contribution >= 4 is 38.1 Å². The van der Waals surface area contributed by atoms with Crippen molar-refractivity contribution in [2.45, 2.75) is 26.4 Å². The lowest BCUT2D eigenvalue weighted by atomic mass is 10.1. The Morgan fingerprint density at radius 3 is 2.45 bits per heavy atom. The Morgan fingerprint density at radius 1 is 1.25 bits per heavy atom. The predicted octanol–water partition coefficient (Wildman–Crippen LogP) is 4.27. The molecular formula is C14H15BrN2O3. The number of halogens is 1. The number of nitrogens with two attached hydrogens (primary N) is 1. The molecule has 0 unspecified atom stereocenters. The molecule has 106 valence electrons. The summed E-state index contributed by atoms with van der Waals surface area (Å²) in [5.41, 5.74) is 6.06. The number of ether oxygens (including phenoxy) is 1. The quantitative estimate of drug-likeness (QED) is 0.503. The molecule has 0 amide bonds. The number of rotatable bonds is 2. The lowest BCUT2D eigenvalue weighted by molar-refractivity contribution is -0.383. The second-order valence-corrected chi connectivity index (χ2v) is 6.32. The maximum Gasteiger partial charge on any atom is 0.278 e. The van der Waals surface area contributed by atoms with Crippen LogP contribution in [0.1, 0.15) is 20.8 Å². The van der Waals surface area contributed by atoms with E-state index in [1.807, 2.05) is 20.8 Å². The summed E-state index contributed by atoms with van der Waals surface area (Å²) in [5.74, 6) is 0.579. The first-order valence-corrected chi connectivity index (χ1v) is 6.83. The second kappa shape index (κ2) is 4.94. The van der Waals surface area contributed by atoms with Gasteiger partial charge in [-0.3, -0.25) is 10.1 Å². The number of benzene rings is 2. The van der Waals surface area contributed by atoms with Gasteiger partial charge in [-0.15, -0.1) is 0 Å². The van der Waals surface area contributed by atoms with Crippen LogP contribution in [0.2, 0.25) is 0 Å². The van der Waals surface area contributed by atoms with Crippen molar-refractivity contribution in [1.82, 2.24) is 0 Å². The minimum absolute atomic E-state index is 0.000402. The summed E-state index contributed by atoms with van der Waals surface area (Å²) in [5, 5.41) is 12.3. The first-order valence-electron chi connectivity index (χ1n) is 6.04. The van der Waals surface area contributed by atoms with Gasteiger partial charge in [-0.2, -0.15) is 0 Å². The molecule has 0 saturated carbocycles. The van der Waals surface area contributed by atoms with Crippen LogP contribution in [0.15, 0.2) is 28.7 Å². The molecule has 0 heterocycles. The van der Waals surface area contributed by atoms with Crippen molar-refractivity contribution < 1.29 is 9.66 Å². The Hall–Kier alpha value is -1.82. The van der Waals surface area contributed by atoms with Gasteiger partial charge in [-0.25, -0.2) is 0 Å². The zero-order chi connectivity index (χ0) is 15.1. The van der Waals surface area contributed by atoms with Crippen molar-refractivity contribution in [3.05, 3.63) is 38.9 Å². The molecule has 0 spiro atoms. The molecule has 2 N–H and O–H groups in total. The molecular weight excluding hydrogens is 324 g/mol. The van der Waals surface area contributed by atoms with Crippen molar-refractivity contribution in [1.29, 1.82) is 0 Å². The van der Waals surface area contributed by atoms with Gasteiger partial charge in [0.15, 0.2) is 0 Å². The van der Waals surface area contributed by atoms with Crippen LogP contribution in [0.3, 0.4) is 0 Å². The normalized spacial score (nSPS) is 11.6. The Bertz CT molecular complexity index is 693. The maximum atomic E-state index is 11.2. The van der Waals surface area contributed by atoms with Gasteiger partial charge in [-0.05, 0) is 54.9 Å². The molecule has 0 aliphatic rings. The number of nitro benzene ring substituents is 1. The van der Waals surface area contributed by atoms with E-state index < -0.39 is 4.92 Å². The maximum absolute atomic E-state index is 11.2. The summed E-state index contributed by atoms with van der Waals surface area (Å²) in [7, 11) is 0. The van der Waals surface area contributed by atoms with Crippen molar-refractivity contribution in [3.63, 3.8) is 0 Å². The van der Waals surface area contributed by atoms with Crippen molar-refractivity contribution in [3.8, 4) is 5.75 Å². The smallest absolute Gasteiger partial charge is 0.278 e. The highest BCUT2D eigenvalue weighted by atomic mass is 79.9. The molecule has 0 bridgehead atoms. The van der Waals surface area contributed by atoms with Crippen LogP contribution in [-0.4, -0.2) is 10.5 Å². The van der Waals surface area contributed by atoms with Crippen molar-refractivity contribution in [2.24, 2.45) is 0 Å². The number of hydrogen-bond donors (Lipinski definition) is 1. The highest BCUT2D eigenvalue weighted by Crippen LogP contribution is 2.38. The topological polar surface area (TPSA) is 78.4 Å². The molecule has 2 aromatic carbocycles. The molecule has 5 nitrogen and oxygen atoms in total. The van der Waals surface area contributed by atoms with Crippen molar-refractivity contribution in [2.75, 3.05) is 5.73 Å². The Balaban J connectivity index is 2.69. The van der Waals surface area contributed by atoms with E-state index in [-0.39, 0.29) is 11.3 Å². The molecule has 0 aliphatic heterocycles. The fraction of sp³-hybridized carbons (Fsp3) is 0.286. The summed E-state index contributed by atoms with van der Waals surface area (Å²) in [6.07, 6.45) is 0. The van der Waals surface area contributed by atoms with Crippen LogP contribution in [-0.2, 0) is 0 Å². The lowest BCUT2D eigenvalue weighted by Crippen LogP contribution is -2.22. The summed E-state index contributed by atoms with van der Waals surface area (Å²) in [4.78, 5) is 10.8. The molecule has 20 heavy (non-hydrogen) atoms. The lowest BCUT2D eigenvalue weighted by Gasteiger charge is -2.21. The Morgan fingerprint density at radius 2 is 1.90 bits per heavy atom. The summed E-state index contributed by atoms with van der Waals surface area (Å²) in [6, 6.07) is 6.57. The predicted molar refractivity (Wildman–Crippen MR) is 83.1 cm³/mol. The standard InChI is InChI=1S/C14H15BrN2O3/c1-14(2,3)20-8-4-5-9-10(6-8)12(17(18)19)7-11(15)13(9)16/h4-7H,16H2,1-3H3. The molecule has 2 aromatic rings. The summed E-state index contributed by atoms with van der Waals surface area (Å²) < 4.78 is 6.25.